The molecule has 0 radical (unpaired) electrons. The number of hydrogen-bond donors (Lipinski definition) is 0. The molecule has 0 aliphatic carbocycles. The van der Waals surface area contributed by atoms with Crippen molar-refractivity contribution in [1.82, 2.24) is 3.97 Å². The highest BCUT2D eigenvalue weighted by atomic mass is 32.2. The molecule has 0 atom stereocenters. The molecule has 0 N–H and O–H groups in total. The van der Waals surface area contributed by atoms with E-state index >= 15 is 0 Å². The van der Waals surface area contributed by atoms with Gasteiger partial charge in [0, 0.05) is 40.6 Å². The molecule has 0 amide bonds. The number of aryl methyl sites for hydroxylation is 1. The van der Waals surface area contributed by atoms with Crippen LogP contribution in [0.2, 0.25) is 0 Å². The van der Waals surface area contributed by atoms with Gasteiger partial charge in [0.1, 0.15) is 0 Å². The lowest BCUT2D eigenvalue weighted by Crippen LogP contribution is -2.10. The Balaban J connectivity index is 1.35. The van der Waals surface area contributed by atoms with Gasteiger partial charge in [-0.05, 0) is 24.8 Å². The molecule has 2 aliphatic rings. The van der Waals surface area contributed by atoms with E-state index in [4.69, 9.17) is 14.2 Å². The SMILES string of the molecule is CCSC1=C(CCOCCOCCOC)SC(=C2Sc3cn(S(=O)(=O)c4ccc(C)cc4)cc3S2)S1. The summed E-state index contributed by atoms with van der Waals surface area (Å²) in [7, 11) is -1.93. The molecule has 36 heavy (non-hydrogen) atoms. The van der Waals surface area contributed by atoms with Gasteiger partial charge in [0.25, 0.3) is 10.0 Å². The lowest BCUT2D eigenvalue weighted by Gasteiger charge is -2.07. The minimum absolute atomic E-state index is 0.302. The van der Waals surface area contributed by atoms with Crippen LogP contribution in [-0.2, 0) is 24.2 Å². The Bertz CT molecular complexity index is 1190. The van der Waals surface area contributed by atoms with Crippen LogP contribution in [0.5, 0.6) is 0 Å². The second-order valence-electron chi connectivity index (χ2n) is 7.73. The van der Waals surface area contributed by atoms with Gasteiger partial charge in [-0.3, -0.25) is 0 Å². The fourth-order valence-electron chi connectivity index (χ4n) is 3.25. The summed E-state index contributed by atoms with van der Waals surface area (Å²) in [5.74, 6) is 1.02. The third kappa shape index (κ3) is 7.15. The molecular weight excluding hydrogens is 575 g/mol. The molecule has 12 heteroatoms. The third-order valence-electron chi connectivity index (χ3n) is 5.08. The van der Waals surface area contributed by atoms with Gasteiger partial charge in [-0.1, -0.05) is 71.7 Å². The van der Waals surface area contributed by atoms with E-state index in [-0.39, 0.29) is 0 Å². The highest BCUT2D eigenvalue weighted by Gasteiger charge is 2.31. The summed E-state index contributed by atoms with van der Waals surface area (Å²) in [5.41, 5.74) is 1.03. The average molecular weight is 604 g/mol. The average Bonchev–Trinajstić information content (AvgIpc) is 3.55. The lowest BCUT2D eigenvalue weighted by atomic mass is 10.2. The maximum Gasteiger partial charge on any atom is 0.267 e. The van der Waals surface area contributed by atoms with E-state index in [0.29, 0.717) is 37.9 Å². The topological polar surface area (TPSA) is 66.8 Å². The highest BCUT2D eigenvalue weighted by molar-refractivity contribution is 8.37. The Morgan fingerprint density at radius 2 is 1.47 bits per heavy atom. The number of ether oxygens (including phenoxy) is 3. The number of nitrogens with zero attached hydrogens (tertiary/aromatic N) is 1. The highest BCUT2D eigenvalue weighted by Crippen LogP contribution is 2.63. The van der Waals surface area contributed by atoms with Crippen LogP contribution in [0, 0.1) is 6.92 Å². The van der Waals surface area contributed by atoms with Crippen molar-refractivity contribution in [3.05, 3.63) is 59.8 Å². The Hall–Kier alpha value is -0.440. The standard InChI is InChI=1S/C24H29NO5S6/c1-4-31-22-19(9-10-29-13-14-30-12-11-28-3)32-24(35-22)23-33-20-15-25(16-21(20)34-23)36(26,27)18-7-5-17(2)6-8-18/h5-8,15-16H,4,9-14H2,1-3H3. The molecule has 2 aliphatic heterocycles. The molecule has 196 valence electrons. The van der Waals surface area contributed by atoms with Crippen molar-refractivity contribution >= 4 is 68.8 Å². The number of hydrogen-bond acceptors (Lipinski definition) is 10. The Morgan fingerprint density at radius 1 is 0.861 bits per heavy atom. The third-order valence-corrected chi connectivity index (χ3v) is 13.8. The quantitative estimate of drug-likeness (QED) is 0.228. The predicted octanol–water partition coefficient (Wildman–Crippen LogP) is 6.83. The number of aromatic nitrogens is 1. The van der Waals surface area contributed by atoms with Crippen molar-refractivity contribution in [2.75, 3.05) is 45.9 Å². The van der Waals surface area contributed by atoms with Gasteiger partial charge in [0.2, 0.25) is 0 Å². The normalized spacial score (nSPS) is 15.9. The molecule has 0 saturated carbocycles. The van der Waals surface area contributed by atoms with Crippen LogP contribution < -0.4 is 0 Å². The zero-order chi connectivity index (χ0) is 25.5. The fraction of sp³-hybridized carbons (Fsp3) is 0.417. The first-order valence-corrected chi connectivity index (χ1v) is 17.1. The number of thioether (sulfide) groups is 5. The molecule has 4 rings (SSSR count). The van der Waals surface area contributed by atoms with E-state index < -0.39 is 10.0 Å². The van der Waals surface area contributed by atoms with Crippen molar-refractivity contribution in [2.24, 2.45) is 0 Å². The van der Waals surface area contributed by atoms with Crippen molar-refractivity contribution < 1.29 is 22.6 Å². The van der Waals surface area contributed by atoms with Gasteiger partial charge in [-0.25, -0.2) is 12.4 Å². The van der Waals surface area contributed by atoms with Gasteiger partial charge in [-0.15, -0.1) is 11.8 Å². The van der Waals surface area contributed by atoms with E-state index in [1.54, 1.807) is 55.2 Å². The van der Waals surface area contributed by atoms with E-state index in [1.165, 1.54) is 21.6 Å². The number of rotatable bonds is 13. The van der Waals surface area contributed by atoms with E-state index in [9.17, 15) is 8.42 Å². The molecule has 0 saturated heterocycles. The van der Waals surface area contributed by atoms with Crippen LogP contribution in [0.15, 0.2) is 69.0 Å². The van der Waals surface area contributed by atoms with Crippen LogP contribution >= 0.6 is 58.8 Å². The molecule has 0 fully saturated rings. The second-order valence-corrected chi connectivity index (χ2v) is 15.9. The monoisotopic (exact) mass is 603 g/mol. The largest absolute Gasteiger partial charge is 0.382 e. The molecular formula is C24H29NO5S6. The summed E-state index contributed by atoms with van der Waals surface area (Å²) in [6.07, 6.45) is 4.34. The molecule has 3 heterocycles. The first kappa shape index (κ1) is 28.6. The number of benzene rings is 1. The zero-order valence-corrected chi connectivity index (χ0v) is 25.3. The first-order chi connectivity index (χ1) is 17.4. The molecule has 0 spiro atoms. The molecule has 1 aromatic carbocycles. The molecule has 0 unspecified atom stereocenters. The van der Waals surface area contributed by atoms with Gasteiger partial charge in [0.15, 0.2) is 0 Å². The maximum atomic E-state index is 13.0. The van der Waals surface area contributed by atoms with Crippen molar-refractivity contribution in [3.63, 3.8) is 0 Å². The van der Waals surface area contributed by atoms with Gasteiger partial charge in [-0.2, -0.15) is 0 Å². The summed E-state index contributed by atoms with van der Waals surface area (Å²) in [4.78, 5) is 3.61. The van der Waals surface area contributed by atoms with Crippen molar-refractivity contribution in [1.29, 1.82) is 0 Å². The van der Waals surface area contributed by atoms with Crippen LogP contribution in [0.3, 0.4) is 0 Å². The lowest BCUT2D eigenvalue weighted by molar-refractivity contribution is 0.0258. The van der Waals surface area contributed by atoms with Crippen molar-refractivity contribution in [2.45, 2.75) is 35.0 Å². The van der Waals surface area contributed by atoms with Gasteiger partial charge in [0.05, 0.1) is 50.6 Å². The summed E-state index contributed by atoms with van der Waals surface area (Å²) >= 11 is 8.82. The second kappa shape index (κ2) is 13.6. The first-order valence-electron chi connectivity index (χ1n) is 11.4. The van der Waals surface area contributed by atoms with E-state index in [0.717, 1.165) is 27.5 Å². The van der Waals surface area contributed by atoms with Gasteiger partial charge < -0.3 is 14.2 Å². The summed E-state index contributed by atoms with van der Waals surface area (Å²) in [6.45, 7) is 7.11. The van der Waals surface area contributed by atoms with Crippen molar-refractivity contribution in [3.8, 4) is 0 Å². The van der Waals surface area contributed by atoms with Crippen LogP contribution in [0.1, 0.15) is 18.9 Å². The molecule has 0 bridgehead atoms. The smallest absolute Gasteiger partial charge is 0.267 e. The van der Waals surface area contributed by atoms with E-state index in [2.05, 4.69) is 6.92 Å². The summed E-state index contributed by atoms with van der Waals surface area (Å²) in [5, 5.41) is 0. The number of methoxy groups -OCH3 is 1. The van der Waals surface area contributed by atoms with Gasteiger partial charge >= 0.3 is 0 Å². The zero-order valence-electron chi connectivity index (χ0n) is 20.4. The molecule has 2 aromatic rings. The Kier molecular flexibility index (Phi) is 10.8. The summed E-state index contributed by atoms with van der Waals surface area (Å²) < 4.78 is 47.4. The Labute approximate surface area is 234 Å². The summed E-state index contributed by atoms with van der Waals surface area (Å²) in [6, 6.07) is 6.97. The fourth-order valence-corrected chi connectivity index (χ4v) is 11.6. The number of fused-ring (bicyclic) bond motifs is 1. The molecule has 6 nitrogen and oxygen atoms in total. The Morgan fingerprint density at radius 3 is 2.11 bits per heavy atom. The van der Waals surface area contributed by atoms with Crippen LogP contribution in [0.25, 0.3) is 0 Å². The predicted molar refractivity (Wildman–Crippen MR) is 155 cm³/mol. The molecule has 1 aromatic heterocycles. The van der Waals surface area contributed by atoms with E-state index in [1.807, 2.05) is 54.3 Å². The van der Waals surface area contributed by atoms with Crippen LogP contribution in [-0.4, -0.2) is 58.3 Å². The van der Waals surface area contributed by atoms with Crippen LogP contribution in [0.4, 0.5) is 0 Å². The maximum absolute atomic E-state index is 13.0. The minimum Gasteiger partial charge on any atom is -0.382 e. The minimum atomic E-state index is -3.59.